The van der Waals surface area contributed by atoms with Gasteiger partial charge in [-0.05, 0) is 18.1 Å². The van der Waals surface area contributed by atoms with E-state index < -0.39 is 0 Å². The second kappa shape index (κ2) is 4.09. The zero-order valence-electron chi connectivity index (χ0n) is 8.53. The average molecular weight is 200 g/mol. The number of aryl methyl sites for hydroxylation is 1. The first-order chi connectivity index (χ1) is 7.33. The Labute approximate surface area is 88.1 Å². The van der Waals surface area contributed by atoms with Crippen molar-refractivity contribution < 1.29 is 4.79 Å². The van der Waals surface area contributed by atoms with Crippen LogP contribution in [0.5, 0.6) is 0 Å². The van der Waals surface area contributed by atoms with E-state index in [4.69, 9.17) is 0 Å². The summed E-state index contributed by atoms with van der Waals surface area (Å²) in [6.07, 6.45) is 1.79. The lowest BCUT2D eigenvalue weighted by molar-refractivity contribution is 0.111. The molecule has 1 aromatic carbocycles. The van der Waals surface area contributed by atoms with Crippen molar-refractivity contribution in [3.63, 3.8) is 0 Å². The predicted molar refractivity (Wildman–Crippen MR) is 58.8 cm³/mol. The third-order valence-corrected chi connectivity index (χ3v) is 2.38. The smallest absolute Gasteiger partial charge is 0.167 e. The van der Waals surface area contributed by atoms with Gasteiger partial charge in [0.15, 0.2) is 6.29 Å². The number of carbonyl (C=O) groups excluding carboxylic acids is 1. The molecular formula is C12H12N2O. The van der Waals surface area contributed by atoms with Crippen molar-refractivity contribution in [3.05, 3.63) is 41.6 Å². The molecule has 2 aromatic rings. The Morgan fingerprint density at radius 3 is 2.60 bits per heavy atom. The summed E-state index contributed by atoms with van der Waals surface area (Å²) in [7, 11) is 0. The minimum absolute atomic E-state index is 0.504. The highest BCUT2D eigenvalue weighted by atomic mass is 16.1. The molecule has 0 fully saturated rings. The molecule has 0 unspecified atom stereocenters. The fourth-order valence-electron chi connectivity index (χ4n) is 1.46. The van der Waals surface area contributed by atoms with E-state index in [2.05, 4.69) is 29.3 Å². The molecule has 0 aliphatic rings. The SMILES string of the molecule is CCc1ccc(-c2cc(C=O)[nH]n2)cc1. The molecule has 0 bridgehead atoms. The van der Waals surface area contributed by atoms with Gasteiger partial charge in [-0.3, -0.25) is 9.89 Å². The maximum atomic E-state index is 10.5. The summed E-state index contributed by atoms with van der Waals surface area (Å²) >= 11 is 0. The van der Waals surface area contributed by atoms with Crippen molar-refractivity contribution in [2.24, 2.45) is 0 Å². The van der Waals surface area contributed by atoms with Gasteiger partial charge >= 0.3 is 0 Å². The fraction of sp³-hybridized carbons (Fsp3) is 0.167. The highest BCUT2D eigenvalue weighted by Gasteiger charge is 2.02. The van der Waals surface area contributed by atoms with E-state index in [9.17, 15) is 4.79 Å². The van der Waals surface area contributed by atoms with Crippen LogP contribution in [0, 0.1) is 0 Å². The first-order valence-corrected chi connectivity index (χ1v) is 4.93. The Kier molecular flexibility index (Phi) is 2.63. The van der Waals surface area contributed by atoms with Gasteiger partial charge in [0.1, 0.15) is 0 Å². The van der Waals surface area contributed by atoms with Gasteiger partial charge in [-0.2, -0.15) is 5.10 Å². The Morgan fingerprint density at radius 1 is 1.33 bits per heavy atom. The van der Waals surface area contributed by atoms with Gasteiger partial charge in [0.05, 0.1) is 11.4 Å². The summed E-state index contributed by atoms with van der Waals surface area (Å²) in [4.78, 5) is 10.5. The number of aromatic nitrogens is 2. The molecule has 0 amide bonds. The molecule has 1 aromatic heterocycles. The standard InChI is InChI=1S/C12H12N2O/c1-2-9-3-5-10(6-4-9)12-7-11(8-15)13-14-12/h3-8H,2H2,1H3,(H,13,14). The van der Waals surface area contributed by atoms with Gasteiger partial charge in [-0.25, -0.2) is 0 Å². The van der Waals surface area contributed by atoms with Crippen molar-refractivity contribution in [2.45, 2.75) is 13.3 Å². The number of benzene rings is 1. The third-order valence-electron chi connectivity index (χ3n) is 2.38. The zero-order valence-corrected chi connectivity index (χ0v) is 8.53. The van der Waals surface area contributed by atoms with Crippen molar-refractivity contribution in [1.29, 1.82) is 0 Å². The molecule has 0 spiro atoms. The van der Waals surface area contributed by atoms with Gasteiger partial charge in [0, 0.05) is 5.56 Å². The summed E-state index contributed by atoms with van der Waals surface area (Å²) < 4.78 is 0. The van der Waals surface area contributed by atoms with Gasteiger partial charge in [0.2, 0.25) is 0 Å². The number of H-pyrrole nitrogens is 1. The number of nitrogens with one attached hydrogen (secondary N) is 1. The molecule has 0 atom stereocenters. The second-order valence-electron chi connectivity index (χ2n) is 3.38. The zero-order chi connectivity index (χ0) is 10.7. The lowest BCUT2D eigenvalue weighted by Crippen LogP contribution is -1.81. The maximum Gasteiger partial charge on any atom is 0.167 e. The van der Waals surface area contributed by atoms with Gasteiger partial charge in [-0.15, -0.1) is 0 Å². The van der Waals surface area contributed by atoms with Crippen molar-refractivity contribution in [3.8, 4) is 11.3 Å². The Bertz CT molecular complexity index is 457. The molecule has 76 valence electrons. The van der Waals surface area contributed by atoms with E-state index in [0.717, 1.165) is 24.0 Å². The van der Waals surface area contributed by atoms with E-state index in [1.807, 2.05) is 12.1 Å². The molecule has 1 N–H and O–H groups in total. The molecule has 2 rings (SSSR count). The first kappa shape index (κ1) is 9.65. The normalized spacial score (nSPS) is 10.2. The van der Waals surface area contributed by atoms with Crippen LogP contribution in [0.1, 0.15) is 23.0 Å². The molecule has 0 aliphatic heterocycles. The summed E-state index contributed by atoms with van der Waals surface area (Å²) in [5.41, 5.74) is 3.63. The Hall–Kier alpha value is -1.90. The Morgan fingerprint density at radius 2 is 2.07 bits per heavy atom. The van der Waals surface area contributed by atoms with Gasteiger partial charge in [-0.1, -0.05) is 31.2 Å². The van der Waals surface area contributed by atoms with Crippen molar-refractivity contribution in [1.82, 2.24) is 10.2 Å². The summed E-state index contributed by atoms with van der Waals surface area (Å²) in [6.45, 7) is 2.12. The monoisotopic (exact) mass is 200 g/mol. The van der Waals surface area contributed by atoms with Crippen LogP contribution in [0.25, 0.3) is 11.3 Å². The minimum atomic E-state index is 0.504. The van der Waals surface area contributed by atoms with Crippen LogP contribution in [0.15, 0.2) is 30.3 Å². The number of aromatic amines is 1. The molecule has 1 heterocycles. The Balaban J connectivity index is 2.32. The topological polar surface area (TPSA) is 45.8 Å². The van der Waals surface area contributed by atoms with Crippen LogP contribution in [-0.4, -0.2) is 16.5 Å². The first-order valence-electron chi connectivity index (χ1n) is 4.93. The number of hydrogen-bond donors (Lipinski definition) is 1. The van der Waals surface area contributed by atoms with E-state index in [0.29, 0.717) is 5.69 Å². The quantitative estimate of drug-likeness (QED) is 0.773. The fourth-order valence-corrected chi connectivity index (χ4v) is 1.46. The van der Waals surface area contributed by atoms with Gasteiger partial charge < -0.3 is 0 Å². The minimum Gasteiger partial charge on any atom is -0.296 e. The number of nitrogens with zero attached hydrogens (tertiary/aromatic N) is 1. The van der Waals surface area contributed by atoms with Crippen LogP contribution in [0.2, 0.25) is 0 Å². The summed E-state index contributed by atoms with van der Waals surface area (Å²) in [5, 5.41) is 6.72. The molecule has 0 aliphatic carbocycles. The lowest BCUT2D eigenvalue weighted by atomic mass is 10.1. The van der Waals surface area contributed by atoms with E-state index in [1.165, 1.54) is 5.56 Å². The molecule has 0 radical (unpaired) electrons. The summed E-state index contributed by atoms with van der Waals surface area (Å²) in [5.74, 6) is 0. The maximum absolute atomic E-state index is 10.5. The van der Waals surface area contributed by atoms with E-state index in [1.54, 1.807) is 6.07 Å². The molecule has 3 nitrogen and oxygen atoms in total. The highest BCUT2D eigenvalue weighted by molar-refractivity contribution is 5.75. The molecule has 15 heavy (non-hydrogen) atoms. The van der Waals surface area contributed by atoms with Crippen LogP contribution in [-0.2, 0) is 6.42 Å². The highest BCUT2D eigenvalue weighted by Crippen LogP contribution is 2.17. The van der Waals surface area contributed by atoms with Crippen molar-refractivity contribution >= 4 is 6.29 Å². The van der Waals surface area contributed by atoms with Gasteiger partial charge in [0.25, 0.3) is 0 Å². The molecule has 0 saturated heterocycles. The second-order valence-corrected chi connectivity index (χ2v) is 3.38. The number of carbonyl (C=O) groups is 1. The molecule has 3 heteroatoms. The largest absolute Gasteiger partial charge is 0.296 e. The van der Waals surface area contributed by atoms with Crippen LogP contribution < -0.4 is 0 Å². The number of rotatable bonds is 3. The predicted octanol–water partition coefficient (Wildman–Crippen LogP) is 2.45. The number of aldehydes is 1. The van der Waals surface area contributed by atoms with Crippen LogP contribution >= 0.6 is 0 Å². The van der Waals surface area contributed by atoms with Crippen LogP contribution in [0.3, 0.4) is 0 Å². The van der Waals surface area contributed by atoms with Crippen LogP contribution in [0.4, 0.5) is 0 Å². The van der Waals surface area contributed by atoms with Crippen molar-refractivity contribution in [2.75, 3.05) is 0 Å². The lowest BCUT2D eigenvalue weighted by Gasteiger charge is -1.98. The molecular weight excluding hydrogens is 188 g/mol. The molecule has 0 saturated carbocycles. The van der Waals surface area contributed by atoms with E-state index >= 15 is 0 Å². The number of hydrogen-bond acceptors (Lipinski definition) is 2. The average Bonchev–Trinajstić information content (AvgIpc) is 2.78. The summed E-state index contributed by atoms with van der Waals surface area (Å²) in [6, 6.07) is 9.93. The third kappa shape index (κ3) is 1.96. The van der Waals surface area contributed by atoms with E-state index in [-0.39, 0.29) is 0 Å².